The molecular formula is C19H21F3N4O2S. The van der Waals surface area contributed by atoms with Gasteiger partial charge in [-0.05, 0) is 31.0 Å². The third-order valence-electron chi connectivity index (χ3n) is 4.69. The number of rotatable bonds is 6. The Hall–Kier alpha value is -2.49. The van der Waals surface area contributed by atoms with Crippen LogP contribution >= 0.6 is 11.3 Å². The molecule has 1 aromatic heterocycles. The lowest BCUT2D eigenvalue weighted by molar-refractivity contribution is -0.137. The predicted molar refractivity (Wildman–Crippen MR) is 104 cm³/mol. The standard InChI is InChI=1S/C19H21F3N4O2S/c20-19(21,22)13-7-4-8-14(11-13)23-15(27)9-10-16(28)24-18-26-25-17(29-18)12-5-2-1-3-6-12/h4,7-8,11-12H,1-3,5-6,9-10H2,(H,23,27)(H,24,26,28). The number of alkyl halides is 3. The maximum Gasteiger partial charge on any atom is 0.416 e. The van der Waals surface area contributed by atoms with Gasteiger partial charge in [0.25, 0.3) is 0 Å². The van der Waals surface area contributed by atoms with E-state index in [-0.39, 0.29) is 18.5 Å². The van der Waals surface area contributed by atoms with Crippen molar-refractivity contribution in [2.75, 3.05) is 10.6 Å². The highest BCUT2D eigenvalue weighted by Gasteiger charge is 2.30. The van der Waals surface area contributed by atoms with Gasteiger partial charge in [0.15, 0.2) is 0 Å². The maximum absolute atomic E-state index is 12.7. The van der Waals surface area contributed by atoms with E-state index < -0.39 is 23.6 Å². The van der Waals surface area contributed by atoms with Crippen LogP contribution in [-0.4, -0.2) is 22.0 Å². The Morgan fingerprint density at radius 3 is 2.41 bits per heavy atom. The van der Waals surface area contributed by atoms with Gasteiger partial charge >= 0.3 is 6.18 Å². The summed E-state index contributed by atoms with van der Waals surface area (Å²) >= 11 is 1.35. The zero-order valence-corrected chi connectivity index (χ0v) is 16.4. The van der Waals surface area contributed by atoms with Crippen LogP contribution in [0.4, 0.5) is 24.0 Å². The Labute approximate surface area is 169 Å². The van der Waals surface area contributed by atoms with Crippen molar-refractivity contribution in [3.8, 4) is 0 Å². The SMILES string of the molecule is O=C(CCC(=O)Nc1nnc(C2CCCCC2)s1)Nc1cccc(C(F)(F)F)c1. The van der Waals surface area contributed by atoms with Crippen molar-refractivity contribution in [1.82, 2.24) is 10.2 Å². The molecule has 2 N–H and O–H groups in total. The summed E-state index contributed by atoms with van der Waals surface area (Å²) in [5.74, 6) is -0.541. The summed E-state index contributed by atoms with van der Waals surface area (Å²) in [4.78, 5) is 24.0. The molecular weight excluding hydrogens is 405 g/mol. The molecule has 1 aliphatic rings. The molecule has 1 fully saturated rings. The number of nitrogens with zero attached hydrogens (tertiary/aromatic N) is 2. The molecule has 2 amide bonds. The van der Waals surface area contributed by atoms with E-state index >= 15 is 0 Å². The minimum atomic E-state index is -4.49. The highest BCUT2D eigenvalue weighted by atomic mass is 32.1. The third-order valence-corrected chi connectivity index (χ3v) is 5.70. The highest BCUT2D eigenvalue weighted by Crippen LogP contribution is 2.35. The molecule has 1 aliphatic carbocycles. The molecule has 0 bridgehead atoms. The van der Waals surface area contributed by atoms with Crippen LogP contribution in [0.1, 0.15) is 61.4 Å². The first-order chi connectivity index (χ1) is 13.8. The van der Waals surface area contributed by atoms with Crippen LogP contribution in [0.3, 0.4) is 0 Å². The Morgan fingerprint density at radius 2 is 1.72 bits per heavy atom. The number of halogens is 3. The lowest BCUT2D eigenvalue weighted by Crippen LogP contribution is -2.17. The number of hydrogen-bond acceptors (Lipinski definition) is 5. The van der Waals surface area contributed by atoms with Crippen LogP contribution in [0, 0.1) is 0 Å². The fraction of sp³-hybridized carbons (Fsp3) is 0.474. The topological polar surface area (TPSA) is 84.0 Å². The molecule has 10 heteroatoms. The minimum absolute atomic E-state index is 0.0338. The lowest BCUT2D eigenvalue weighted by Gasteiger charge is -2.18. The number of amides is 2. The summed E-state index contributed by atoms with van der Waals surface area (Å²) in [7, 11) is 0. The van der Waals surface area contributed by atoms with Crippen LogP contribution in [0.2, 0.25) is 0 Å². The summed E-state index contributed by atoms with van der Waals surface area (Å²) in [5, 5.41) is 14.5. The van der Waals surface area contributed by atoms with Crippen LogP contribution in [0.25, 0.3) is 0 Å². The number of anilines is 2. The van der Waals surface area contributed by atoms with Gasteiger partial charge in [0.1, 0.15) is 5.01 Å². The van der Waals surface area contributed by atoms with Crippen molar-refractivity contribution in [2.45, 2.75) is 57.0 Å². The van der Waals surface area contributed by atoms with Gasteiger partial charge in [-0.1, -0.05) is 36.7 Å². The second kappa shape index (κ2) is 9.34. The molecule has 0 aliphatic heterocycles. The number of nitrogens with one attached hydrogen (secondary N) is 2. The van der Waals surface area contributed by atoms with Crippen LogP contribution < -0.4 is 10.6 Å². The van der Waals surface area contributed by atoms with Crippen molar-refractivity contribution >= 4 is 34.0 Å². The Balaban J connectivity index is 1.46. The smallest absolute Gasteiger partial charge is 0.326 e. The molecule has 0 radical (unpaired) electrons. The Morgan fingerprint density at radius 1 is 1.03 bits per heavy atom. The van der Waals surface area contributed by atoms with Crippen molar-refractivity contribution < 1.29 is 22.8 Å². The van der Waals surface area contributed by atoms with E-state index in [9.17, 15) is 22.8 Å². The highest BCUT2D eigenvalue weighted by molar-refractivity contribution is 7.15. The van der Waals surface area contributed by atoms with Gasteiger partial charge in [-0.2, -0.15) is 13.2 Å². The summed E-state index contributed by atoms with van der Waals surface area (Å²) in [5.41, 5.74) is -0.815. The van der Waals surface area contributed by atoms with Crippen LogP contribution in [-0.2, 0) is 15.8 Å². The van der Waals surface area contributed by atoms with Crippen molar-refractivity contribution in [3.63, 3.8) is 0 Å². The Bertz CT molecular complexity index is 863. The number of hydrogen-bond donors (Lipinski definition) is 2. The van der Waals surface area contributed by atoms with Crippen LogP contribution in [0.15, 0.2) is 24.3 Å². The molecule has 3 rings (SSSR count). The molecule has 6 nitrogen and oxygen atoms in total. The van der Waals surface area contributed by atoms with Crippen molar-refractivity contribution in [1.29, 1.82) is 0 Å². The van der Waals surface area contributed by atoms with Crippen molar-refractivity contribution in [3.05, 3.63) is 34.8 Å². The zero-order valence-electron chi connectivity index (χ0n) is 15.6. The lowest BCUT2D eigenvalue weighted by atomic mass is 9.90. The Kier molecular flexibility index (Phi) is 6.83. The average molecular weight is 426 g/mol. The van der Waals surface area contributed by atoms with Crippen LogP contribution in [0.5, 0.6) is 0 Å². The molecule has 0 saturated heterocycles. The molecule has 0 spiro atoms. The molecule has 2 aromatic rings. The van der Waals surface area contributed by atoms with Crippen molar-refractivity contribution in [2.24, 2.45) is 0 Å². The quantitative estimate of drug-likeness (QED) is 0.684. The molecule has 1 saturated carbocycles. The van der Waals surface area contributed by atoms with Gasteiger partial charge in [-0.25, -0.2) is 0 Å². The first-order valence-corrected chi connectivity index (χ1v) is 10.2. The summed E-state index contributed by atoms with van der Waals surface area (Å²) < 4.78 is 38.1. The normalized spacial score (nSPS) is 15.1. The fourth-order valence-electron chi connectivity index (χ4n) is 3.21. The molecule has 156 valence electrons. The second-order valence-electron chi connectivity index (χ2n) is 6.96. The van der Waals surface area contributed by atoms with Gasteiger partial charge in [0.2, 0.25) is 16.9 Å². The van der Waals surface area contributed by atoms with Gasteiger partial charge in [0.05, 0.1) is 5.56 Å². The average Bonchev–Trinajstić information content (AvgIpc) is 3.15. The fourth-order valence-corrected chi connectivity index (χ4v) is 4.13. The molecule has 29 heavy (non-hydrogen) atoms. The van der Waals surface area contributed by atoms with E-state index in [0.717, 1.165) is 30.0 Å². The van der Waals surface area contributed by atoms with E-state index in [2.05, 4.69) is 20.8 Å². The first-order valence-electron chi connectivity index (χ1n) is 9.41. The first kappa shape index (κ1) is 21.2. The summed E-state index contributed by atoms with van der Waals surface area (Å²) in [6.45, 7) is 0. The molecule has 0 unspecified atom stereocenters. The van der Waals surface area contributed by atoms with E-state index in [1.54, 1.807) is 0 Å². The van der Waals surface area contributed by atoms with E-state index in [0.29, 0.717) is 11.0 Å². The third kappa shape index (κ3) is 6.25. The summed E-state index contributed by atoms with van der Waals surface area (Å²) in [6, 6.07) is 4.35. The van der Waals surface area contributed by atoms with Gasteiger partial charge in [-0.15, -0.1) is 10.2 Å². The van der Waals surface area contributed by atoms with E-state index in [1.807, 2.05) is 0 Å². The molecule has 1 heterocycles. The minimum Gasteiger partial charge on any atom is -0.326 e. The number of carbonyl (C=O) groups excluding carboxylic acids is 2. The predicted octanol–water partition coefficient (Wildman–Crippen LogP) is 4.96. The van der Waals surface area contributed by atoms with Gasteiger partial charge in [-0.3, -0.25) is 9.59 Å². The molecule has 0 atom stereocenters. The monoisotopic (exact) mass is 426 g/mol. The van der Waals surface area contributed by atoms with Gasteiger partial charge < -0.3 is 10.6 Å². The maximum atomic E-state index is 12.7. The number of aromatic nitrogens is 2. The second-order valence-corrected chi connectivity index (χ2v) is 7.96. The van der Waals surface area contributed by atoms with Gasteiger partial charge in [0, 0.05) is 24.4 Å². The van der Waals surface area contributed by atoms with E-state index in [1.165, 1.54) is 42.7 Å². The van der Waals surface area contributed by atoms with E-state index in [4.69, 9.17) is 0 Å². The number of benzene rings is 1. The number of carbonyl (C=O) groups is 2. The zero-order chi connectivity index (χ0) is 20.9. The molecule has 1 aromatic carbocycles. The largest absolute Gasteiger partial charge is 0.416 e. The summed E-state index contributed by atoms with van der Waals surface area (Å²) in [6.07, 6.45) is 0.996.